The first kappa shape index (κ1) is 15.8. The molecule has 6 nitrogen and oxygen atoms in total. The highest BCUT2D eigenvalue weighted by Crippen LogP contribution is 2.32. The molecule has 0 saturated heterocycles. The minimum atomic E-state index is -4.49. The molecule has 0 atom stereocenters. The van der Waals surface area contributed by atoms with E-state index in [2.05, 4.69) is 15.6 Å². The second kappa shape index (κ2) is 6.46. The molecule has 0 aliphatic carbocycles. The van der Waals surface area contributed by atoms with Crippen molar-refractivity contribution in [1.82, 2.24) is 20.3 Å². The standard InChI is InChI=1S/C13H13F3N4O2/c1-22-11-8-9(13(14,15)16)2-3-10(11)12(21)17-4-6-20-7-5-18-19-20/h2-3,5,7-8H,4,6H2,1H3,(H,17,21). The van der Waals surface area contributed by atoms with E-state index in [0.717, 1.165) is 18.2 Å². The molecule has 118 valence electrons. The summed E-state index contributed by atoms with van der Waals surface area (Å²) in [5, 5.41) is 9.92. The molecule has 2 rings (SSSR count). The Morgan fingerprint density at radius 3 is 2.77 bits per heavy atom. The molecule has 1 heterocycles. The predicted molar refractivity (Wildman–Crippen MR) is 70.4 cm³/mol. The maximum absolute atomic E-state index is 12.6. The van der Waals surface area contributed by atoms with Gasteiger partial charge in [0.1, 0.15) is 5.75 Å². The van der Waals surface area contributed by atoms with Crippen molar-refractivity contribution in [2.24, 2.45) is 0 Å². The van der Waals surface area contributed by atoms with E-state index in [4.69, 9.17) is 4.74 Å². The Hall–Kier alpha value is -2.58. The SMILES string of the molecule is COc1cc(C(F)(F)F)ccc1C(=O)NCCn1ccnn1. The highest BCUT2D eigenvalue weighted by atomic mass is 19.4. The Kier molecular flexibility index (Phi) is 4.64. The average Bonchev–Trinajstić information content (AvgIpc) is 2.98. The summed E-state index contributed by atoms with van der Waals surface area (Å²) in [6.07, 6.45) is -1.36. The molecule has 1 N–H and O–H groups in total. The van der Waals surface area contributed by atoms with Crippen LogP contribution in [0.2, 0.25) is 0 Å². The lowest BCUT2D eigenvalue weighted by Crippen LogP contribution is -2.28. The van der Waals surface area contributed by atoms with E-state index in [1.165, 1.54) is 18.0 Å². The van der Waals surface area contributed by atoms with Gasteiger partial charge in [-0.1, -0.05) is 5.21 Å². The molecule has 0 aliphatic rings. The molecule has 1 amide bonds. The van der Waals surface area contributed by atoms with Crippen LogP contribution in [-0.2, 0) is 12.7 Å². The van der Waals surface area contributed by atoms with E-state index in [9.17, 15) is 18.0 Å². The van der Waals surface area contributed by atoms with Crippen LogP contribution in [0.3, 0.4) is 0 Å². The molecular formula is C13H13F3N4O2. The first-order valence-corrected chi connectivity index (χ1v) is 6.29. The number of alkyl halides is 3. The Bertz CT molecular complexity index is 641. The summed E-state index contributed by atoms with van der Waals surface area (Å²) in [4.78, 5) is 12.0. The average molecular weight is 314 g/mol. The second-order valence-corrected chi connectivity index (χ2v) is 4.33. The summed E-state index contributed by atoms with van der Waals surface area (Å²) < 4.78 is 44.3. The molecule has 0 bridgehead atoms. The van der Waals surface area contributed by atoms with E-state index < -0.39 is 17.6 Å². The van der Waals surface area contributed by atoms with Crippen molar-refractivity contribution in [3.63, 3.8) is 0 Å². The highest BCUT2D eigenvalue weighted by Gasteiger charge is 2.31. The number of benzene rings is 1. The van der Waals surface area contributed by atoms with Crippen LogP contribution in [0.25, 0.3) is 0 Å². The molecule has 0 spiro atoms. The van der Waals surface area contributed by atoms with Crippen LogP contribution in [0.15, 0.2) is 30.6 Å². The Balaban J connectivity index is 2.05. The fourth-order valence-electron chi connectivity index (χ4n) is 1.79. The van der Waals surface area contributed by atoms with Gasteiger partial charge in [0.25, 0.3) is 5.91 Å². The van der Waals surface area contributed by atoms with Gasteiger partial charge in [0.05, 0.1) is 31.0 Å². The number of rotatable bonds is 5. The molecule has 2 aromatic rings. The lowest BCUT2D eigenvalue weighted by atomic mass is 10.1. The van der Waals surface area contributed by atoms with E-state index in [1.54, 1.807) is 6.20 Å². The van der Waals surface area contributed by atoms with Crippen LogP contribution >= 0.6 is 0 Å². The molecule has 9 heteroatoms. The number of amides is 1. The first-order chi connectivity index (χ1) is 10.4. The lowest BCUT2D eigenvalue weighted by Gasteiger charge is -2.12. The third-order valence-corrected chi connectivity index (χ3v) is 2.87. The van der Waals surface area contributed by atoms with Gasteiger partial charge < -0.3 is 10.1 Å². The molecule has 1 aromatic carbocycles. The first-order valence-electron chi connectivity index (χ1n) is 6.29. The van der Waals surface area contributed by atoms with Gasteiger partial charge in [-0.15, -0.1) is 5.10 Å². The van der Waals surface area contributed by atoms with Gasteiger partial charge in [0, 0.05) is 12.7 Å². The van der Waals surface area contributed by atoms with Crippen LogP contribution < -0.4 is 10.1 Å². The van der Waals surface area contributed by atoms with E-state index in [-0.39, 0.29) is 17.9 Å². The van der Waals surface area contributed by atoms with Crippen molar-refractivity contribution in [2.45, 2.75) is 12.7 Å². The van der Waals surface area contributed by atoms with Crippen molar-refractivity contribution in [2.75, 3.05) is 13.7 Å². The van der Waals surface area contributed by atoms with Gasteiger partial charge in [-0.3, -0.25) is 9.48 Å². The Morgan fingerprint density at radius 2 is 2.18 bits per heavy atom. The van der Waals surface area contributed by atoms with Crippen molar-refractivity contribution in [1.29, 1.82) is 0 Å². The molecule has 0 fully saturated rings. The molecule has 0 radical (unpaired) electrons. The summed E-state index contributed by atoms with van der Waals surface area (Å²) in [6.45, 7) is 0.654. The topological polar surface area (TPSA) is 69.0 Å². The minimum Gasteiger partial charge on any atom is -0.496 e. The maximum atomic E-state index is 12.6. The summed E-state index contributed by atoms with van der Waals surface area (Å²) in [5.74, 6) is -0.654. The maximum Gasteiger partial charge on any atom is 0.416 e. The van der Waals surface area contributed by atoms with Gasteiger partial charge in [-0.2, -0.15) is 13.2 Å². The normalized spacial score (nSPS) is 11.3. The quantitative estimate of drug-likeness (QED) is 0.912. The highest BCUT2D eigenvalue weighted by molar-refractivity contribution is 5.97. The number of carbonyl (C=O) groups excluding carboxylic acids is 1. The van der Waals surface area contributed by atoms with Gasteiger partial charge in [-0.25, -0.2) is 0 Å². The van der Waals surface area contributed by atoms with Crippen LogP contribution in [0.4, 0.5) is 13.2 Å². The van der Waals surface area contributed by atoms with Crippen LogP contribution in [0, 0.1) is 0 Å². The third kappa shape index (κ3) is 3.74. The van der Waals surface area contributed by atoms with Crippen LogP contribution in [0.5, 0.6) is 5.75 Å². The zero-order valence-corrected chi connectivity index (χ0v) is 11.6. The Labute approximate surface area is 123 Å². The van der Waals surface area contributed by atoms with Crippen molar-refractivity contribution in [3.8, 4) is 5.75 Å². The van der Waals surface area contributed by atoms with Crippen LogP contribution in [0.1, 0.15) is 15.9 Å². The number of halogens is 3. The van der Waals surface area contributed by atoms with Crippen molar-refractivity contribution >= 4 is 5.91 Å². The molecule has 0 aliphatic heterocycles. The van der Waals surface area contributed by atoms with Crippen LogP contribution in [-0.4, -0.2) is 34.6 Å². The molecule has 1 aromatic heterocycles. The number of ether oxygens (including phenoxy) is 1. The second-order valence-electron chi connectivity index (χ2n) is 4.33. The zero-order chi connectivity index (χ0) is 16.2. The number of methoxy groups -OCH3 is 1. The summed E-state index contributed by atoms with van der Waals surface area (Å²) >= 11 is 0. The van der Waals surface area contributed by atoms with E-state index >= 15 is 0 Å². The minimum absolute atomic E-state index is 0.0362. The molecular weight excluding hydrogens is 301 g/mol. The molecule has 22 heavy (non-hydrogen) atoms. The number of carbonyl (C=O) groups is 1. The van der Waals surface area contributed by atoms with E-state index in [1.807, 2.05) is 0 Å². The summed E-state index contributed by atoms with van der Waals surface area (Å²) in [7, 11) is 1.21. The predicted octanol–water partition coefficient (Wildman–Crippen LogP) is 1.74. The van der Waals surface area contributed by atoms with Gasteiger partial charge in [0.2, 0.25) is 0 Å². The zero-order valence-electron chi connectivity index (χ0n) is 11.6. The van der Waals surface area contributed by atoms with E-state index in [0.29, 0.717) is 6.54 Å². The number of nitrogens with one attached hydrogen (secondary N) is 1. The van der Waals surface area contributed by atoms with Gasteiger partial charge in [-0.05, 0) is 18.2 Å². The van der Waals surface area contributed by atoms with Crippen molar-refractivity contribution in [3.05, 3.63) is 41.7 Å². The largest absolute Gasteiger partial charge is 0.496 e. The van der Waals surface area contributed by atoms with Gasteiger partial charge in [0.15, 0.2) is 0 Å². The molecule has 0 saturated carbocycles. The Morgan fingerprint density at radius 1 is 1.41 bits per heavy atom. The number of hydrogen-bond donors (Lipinski definition) is 1. The molecule has 0 unspecified atom stereocenters. The monoisotopic (exact) mass is 314 g/mol. The fourth-order valence-corrected chi connectivity index (χ4v) is 1.79. The third-order valence-electron chi connectivity index (χ3n) is 2.87. The fraction of sp³-hybridized carbons (Fsp3) is 0.308. The lowest BCUT2D eigenvalue weighted by molar-refractivity contribution is -0.137. The van der Waals surface area contributed by atoms with Crippen molar-refractivity contribution < 1.29 is 22.7 Å². The van der Waals surface area contributed by atoms with Gasteiger partial charge >= 0.3 is 6.18 Å². The number of hydrogen-bond acceptors (Lipinski definition) is 4. The number of aromatic nitrogens is 3. The summed E-state index contributed by atoms with van der Waals surface area (Å²) in [5.41, 5.74) is -0.836. The number of nitrogens with zero attached hydrogens (tertiary/aromatic N) is 3. The summed E-state index contributed by atoms with van der Waals surface area (Å²) in [6, 6.07) is 2.73. The smallest absolute Gasteiger partial charge is 0.416 e.